The molecule has 1 aromatic heterocycles. The van der Waals surface area contributed by atoms with Crippen molar-refractivity contribution in [3.8, 4) is 5.75 Å². The van der Waals surface area contributed by atoms with E-state index in [1.807, 2.05) is 54.6 Å². The van der Waals surface area contributed by atoms with Gasteiger partial charge >= 0.3 is 0 Å². The lowest BCUT2D eigenvalue weighted by Crippen LogP contribution is -2.45. The van der Waals surface area contributed by atoms with Crippen LogP contribution >= 0.6 is 0 Å². The minimum absolute atomic E-state index is 0.254. The van der Waals surface area contributed by atoms with Crippen LogP contribution in [0.4, 0.5) is 0 Å². The lowest BCUT2D eigenvalue weighted by molar-refractivity contribution is 0.399. The second-order valence-electron chi connectivity index (χ2n) is 6.08. The van der Waals surface area contributed by atoms with Crippen molar-refractivity contribution in [3.05, 3.63) is 78.1 Å². The van der Waals surface area contributed by atoms with E-state index in [0.29, 0.717) is 5.75 Å². The number of aromatic nitrogens is 1. The van der Waals surface area contributed by atoms with E-state index >= 15 is 0 Å². The number of fused-ring (bicyclic) bond motifs is 1. The molecule has 1 aliphatic rings. The van der Waals surface area contributed by atoms with Crippen molar-refractivity contribution in [3.63, 3.8) is 0 Å². The highest BCUT2D eigenvalue weighted by Gasteiger charge is 2.37. The van der Waals surface area contributed by atoms with Gasteiger partial charge in [0.2, 0.25) is 0 Å². The number of ether oxygens (including phenoxy) is 1. The van der Waals surface area contributed by atoms with Crippen LogP contribution in [-0.2, 0) is 5.66 Å². The Labute approximate surface area is 151 Å². The van der Waals surface area contributed by atoms with Gasteiger partial charge in [-0.15, -0.1) is 0 Å². The maximum Gasteiger partial charge on any atom is 0.195 e. The summed E-state index contributed by atoms with van der Waals surface area (Å²) in [5.41, 5.74) is 14.9. The van der Waals surface area contributed by atoms with Crippen LogP contribution in [0.25, 0.3) is 16.5 Å². The summed E-state index contributed by atoms with van der Waals surface area (Å²) in [6.07, 6.45) is 3.57. The van der Waals surface area contributed by atoms with Crippen LogP contribution in [0.15, 0.2) is 72.0 Å². The van der Waals surface area contributed by atoms with Crippen molar-refractivity contribution in [1.29, 1.82) is 0 Å². The van der Waals surface area contributed by atoms with Crippen LogP contribution in [0.3, 0.4) is 0 Å². The molecule has 0 saturated carbocycles. The van der Waals surface area contributed by atoms with Gasteiger partial charge in [-0.25, -0.2) is 4.99 Å². The van der Waals surface area contributed by atoms with Crippen LogP contribution in [0.1, 0.15) is 11.1 Å². The van der Waals surface area contributed by atoms with Gasteiger partial charge in [-0.05, 0) is 29.8 Å². The van der Waals surface area contributed by atoms with Gasteiger partial charge in [-0.1, -0.05) is 30.3 Å². The largest absolute Gasteiger partial charge is 0.496 e. The summed E-state index contributed by atoms with van der Waals surface area (Å²) in [6, 6.07) is 17.5. The fourth-order valence-electron chi connectivity index (χ4n) is 3.25. The molecule has 0 spiro atoms. The second-order valence-corrected chi connectivity index (χ2v) is 6.08. The van der Waals surface area contributed by atoms with E-state index in [1.54, 1.807) is 19.5 Å². The maximum atomic E-state index is 6.80. The Morgan fingerprint density at radius 2 is 1.92 bits per heavy atom. The summed E-state index contributed by atoms with van der Waals surface area (Å²) < 4.78 is 5.51. The van der Waals surface area contributed by atoms with Gasteiger partial charge < -0.3 is 15.8 Å². The van der Waals surface area contributed by atoms with E-state index in [9.17, 15) is 0 Å². The molecule has 1 unspecified atom stereocenters. The third-order valence-corrected chi connectivity index (χ3v) is 4.50. The van der Waals surface area contributed by atoms with Crippen LogP contribution in [0.2, 0.25) is 0 Å². The number of guanidine groups is 1. The lowest BCUT2D eigenvalue weighted by atomic mass is 9.86. The van der Waals surface area contributed by atoms with Gasteiger partial charge in [0.05, 0.1) is 12.6 Å². The Morgan fingerprint density at radius 1 is 1.08 bits per heavy atom. The van der Waals surface area contributed by atoms with E-state index < -0.39 is 5.66 Å². The molecule has 6 heteroatoms. The number of nitrogens with zero attached hydrogens (tertiary/aromatic N) is 2. The molecular formula is C20H19N5O. The van der Waals surface area contributed by atoms with E-state index in [2.05, 4.69) is 15.3 Å². The van der Waals surface area contributed by atoms with Gasteiger partial charge in [0.1, 0.15) is 5.75 Å². The molecule has 2 aromatic carbocycles. The molecule has 0 amide bonds. The number of hydrogen-bond acceptors (Lipinski definition) is 6. The van der Waals surface area contributed by atoms with Crippen molar-refractivity contribution in [2.75, 3.05) is 7.11 Å². The number of benzene rings is 2. The molecule has 0 aliphatic carbocycles. The summed E-state index contributed by atoms with van der Waals surface area (Å²) in [5.74, 6) is 0.909. The molecule has 2 heterocycles. The van der Waals surface area contributed by atoms with Crippen LogP contribution in [-0.4, -0.2) is 18.1 Å². The molecule has 0 fully saturated rings. The van der Waals surface area contributed by atoms with E-state index in [0.717, 1.165) is 27.6 Å². The SMILES string of the molecule is COc1ccccc1C1(N)N=C(N)NC=C1c1ccc2ncccc2c1. The van der Waals surface area contributed by atoms with Crippen LogP contribution in [0.5, 0.6) is 5.75 Å². The predicted octanol–water partition coefficient (Wildman–Crippen LogP) is 2.31. The van der Waals surface area contributed by atoms with E-state index in [-0.39, 0.29) is 5.96 Å². The Bertz CT molecular complexity index is 1040. The molecule has 0 saturated heterocycles. The zero-order valence-corrected chi connectivity index (χ0v) is 14.3. The first-order valence-electron chi connectivity index (χ1n) is 8.22. The number of nitrogens with one attached hydrogen (secondary N) is 1. The lowest BCUT2D eigenvalue weighted by Gasteiger charge is -2.33. The van der Waals surface area contributed by atoms with Crippen molar-refractivity contribution in [2.24, 2.45) is 16.5 Å². The number of aliphatic imine (C=N–C) groups is 1. The molecule has 1 atom stereocenters. The summed E-state index contributed by atoms with van der Waals surface area (Å²) >= 11 is 0. The molecule has 0 radical (unpaired) electrons. The van der Waals surface area contributed by atoms with Crippen molar-refractivity contribution >= 4 is 22.4 Å². The Balaban J connectivity index is 1.90. The smallest absolute Gasteiger partial charge is 0.195 e. The predicted molar refractivity (Wildman–Crippen MR) is 103 cm³/mol. The summed E-state index contributed by atoms with van der Waals surface area (Å²) in [7, 11) is 1.61. The normalized spacial score (nSPS) is 19.5. The quantitative estimate of drug-likeness (QED) is 0.677. The Hall–Kier alpha value is -3.38. The number of para-hydroxylation sites is 1. The molecule has 4 rings (SSSR count). The number of methoxy groups -OCH3 is 1. The third-order valence-electron chi connectivity index (χ3n) is 4.50. The van der Waals surface area contributed by atoms with Crippen molar-refractivity contribution < 1.29 is 4.74 Å². The van der Waals surface area contributed by atoms with Crippen molar-refractivity contribution in [1.82, 2.24) is 10.3 Å². The number of pyridine rings is 1. The molecule has 6 nitrogen and oxygen atoms in total. The molecule has 130 valence electrons. The highest BCUT2D eigenvalue weighted by atomic mass is 16.5. The highest BCUT2D eigenvalue weighted by Crippen LogP contribution is 2.41. The van der Waals surface area contributed by atoms with Gasteiger partial charge in [0, 0.05) is 28.9 Å². The van der Waals surface area contributed by atoms with Gasteiger partial charge in [-0.2, -0.15) is 0 Å². The fourth-order valence-corrected chi connectivity index (χ4v) is 3.25. The summed E-state index contributed by atoms with van der Waals surface area (Å²) in [6.45, 7) is 0. The zero-order chi connectivity index (χ0) is 18.1. The minimum Gasteiger partial charge on any atom is -0.496 e. The second kappa shape index (κ2) is 6.16. The monoisotopic (exact) mass is 345 g/mol. The topological polar surface area (TPSA) is 98.5 Å². The zero-order valence-electron chi connectivity index (χ0n) is 14.3. The van der Waals surface area contributed by atoms with Gasteiger partial charge in [-0.3, -0.25) is 10.7 Å². The molecule has 26 heavy (non-hydrogen) atoms. The average molecular weight is 345 g/mol. The number of rotatable bonds is 3. The van der Waals surface area contributed by atoms with Gasteiger partial charge in [0.25, 0.3) is 0 Å². The van der Waals surface area contributed by atoms with Crippen LogP contribution < -0.4 is 21.5 Å². The molecular weight excluding hydrogens is 326 g/mol. The first-order valence-corrected chi connectivity index (χ1v) is 8.22. The van der Waals surface area contributed by atoms with E-state index in [4.69, 9.17) is 16.2 Å². The Morgan fingerprint density at radius 3 is 2.77 bits per heavy atom. The van der Waals surface area contributed by atoms with Crippen molar-refractivity contribution in [2.45, 2.75) is 5.66 Å². The first kappa shape index (κ1) is 16.1. The number of nitrogens with two attached hydrogens (primary N) is 2. The summed E-state index contributed by atoms with van der Waals surface area (Å²) in [4.78, 5) is 8.90. The molecule has 3 aromatic rings. The van der Waals surface area contributed by atoms with Gasteiger partial charge in [0.15, 0.2) is 11.6 Å². The standard InChI is InChI=1S/C20H19N5O/c1-26-18-7-3-2-6-15(18)20(22)16(12-24-19(21)25-20)13-8-9-17-14(11-13)5-4-10-23-17/h2-12H,22H2,1H3,(H3,21,24,25). The fraction of sp³-hybridized carbons (Fsp3) is 0.100. The maximum absolute atomic E-state index is 6.80. The number of hydrogen-bond donors (Lipinski definition) is 3. The molecule has 1 aliphatic heterocycles. The molecule has 5 N–H and O–H groups in total. The minimum atomic E-state index is -1.17. The third kappa shape index (κ3) is 2.57. The average Bonchev–Trinajstić information content (AvgIpc) is 2.67. The summed E-state index contributed by atoms with van der Waals surface area (Å²) in [5, 5.41) is 3.99. The van der Waals surface area contributed by atoms with Crippen LogP contribution in [0, 0.1) is 0 Å². The first-order chi connectivity index (χ1) is 12.6. The molecule has 0 bridgehead atoms. The highest BCUT2D eigenvalue weighted by molar-refractivity contribution is 5.91. The van der Waals surface area contributed by atoms with E-state index in [1.165, 1.54) is 0 Å². The Kier molecular flexibility index (Phi) is 3.82.